The maximum absolute atomic E-state index is 15.1. The second kappa shape index (κ2) is 35.1. The van der Waals surface area contributed by atoms with E-state index < -0.39 is 118 Å². The number of phenolic OH excluding ortho intramolecular Hbond substituents is 1. The average Bonchev–Trinajstić information content (AvgIpc) is 1.65. The summed E-state index contributed by atoms with van der Waals surface area (Å²) in [6, 6.07) is 8.77. The van der Waals surface area contributed by atoms with Crippen LogP contribution in [0.5, 0.6) is 11.5 Å². The highest BCUT2D eigenvalue weighted by Crippen LogP contribution is 2.43. The fourth-order valence-electron chi connectivity index (χ4n) is 13.6. The van der Waals surface area contributed by atoms with E-state index >= 15 is 4.79 Å². The molecule has 4 bridgehead atoms. The second-order valence-corrected chi connectivity index (χ2v) is 30.0. The largest absolute Gasteiger partial charge is 0.507 e. The number of aliphatic hydroxyl groups excluding tert-OH is 3. The minimum absolute atomic E-state index is 0.0103. The number of esters is 1. The Morgan fingerprint density at radius 1 is 0.876 bits per heavy atom. The van der Waals surface area contributed by atoms with Crippen LogP contribution in [0.2, 0.25) is 0 Å². The van der Waals surface area contributed by atoms with Crippen molar-refractivity contribution in [2.45, 2.75) is 168 Å². The van der Waals surface area contributed by atoms with Crippen molar-refractivity contribution in [2.75, 3.05) is 57.2 Å². The van der Waals surface area contributed by atoms with Crippen LogP contribution in [0, 0.1) is 42.4 Å². The molecule has 5 aromatic rings. The molecule has 3 aliphatic heterocycles. The Morgan fingerprint density at radius 2 is 1.57 bits per heavy atom. The lowest BCUT2D eigenvalue weighted by Gasteiger charge is -2.38. The summed E-state index contributed by atoms with van der Waals surface area (Å²) in [4.78, 5) is 139. The number of rotatable bonds is 26. The number of carbonyl (C=O) groups excluding carboxylic acids is 8. The van der Waals surface area contributed by atoms with Crippen LogP contribution in [0.25, 0.3) is 38.7 Å². The molecule has 10 N–H and O–H groups in total. The first kappa shape index (κ1) is 81.2. The molecule has 7 amide bonds. The van der Waals surface area contributed by atoms with E-state index in [1.54, 1.807) is 71.9 Å². The number of aromatic hydroxyl groups is 1. The predicted octanol–water partition coefficient (Wildman–Crippen LogP) is 7.91. The van der Waals surface area contributed by atoms with Crippen LogP contribution in [-0.4, -0.2) is 165 Å². The van der Waals surface area contributed by atoms with E-state index in [2.05, 4.69) is 35.4 Å². The van der Waals surface area contributed by atoms with Crippen molar-refractivity contribution in [3.63, 3.8) is 0 Å². The number of benzene rings is 4. The molecule has 0 saturated carbocycles. The minimum atomic E-state index is -2.05. The number of primary amides is 1. The van der Waals surface area contributed by atoms with Gasteiger partial charge < -0.3 is 75.3 Å². The van der Waals surface area contributed by atoms with Gasteiger partial charge in [-0.05, 0) is 69.7 Å². The molecule has 105 heavy (non-hydrogen) atoms. The van der Waals surface area contributed by atoms with Crippen molar-refractivity contribution in [1.82, 2.24) is 20.5 Å². The number of urea groups is 1. The molecule has 4 heterocycles. The number of unbranched alkanes of at least 4 members (excludes halogenated alkanes) is 2. The molecule has 8 rings (SSSR count). The van der Waals surface area contributed by atoms with Gasteiger partial charge >= 0.3 is 17.8 Å². The number of imide groups is 1. The van der Waals surface area contributed by atoms with Gasteiger partial charge in [0.1, 0.15) is 35.4 Å². The van der Waals surface area contributed by atoms with Crippen molar-refractivity contribution in [2.24, 2.45) is 41.2 Å². The van der Waals surface area contributed by atoms with Gasteiger partial charge in [-0.25, -0.2) is 9.78 Å². The quantitative estimate of drug-likeness (QED) is 0.00483. The number of aliphatic hydroxyl groups is 3. The van der Waals surface area contributed by atoms with E-state index in [9.17, 15) is 63.6 Å². The number of ketones is 1. The number of phenols is 1. The fourth-order valence-corrected chi connectivity index (χ4v) is 14.5. The summed E-state index contributed by atoms with van der Waals surface area (Å²) < 4.78 is 31.3. The Morgan fingerprint density at radius 3 is 2.23 bits per heavy atom. The number of nitrogens with two attached hydrogens (primary N) is 1. The Hall–Kier alpha value is -9.48. The fraction of sp³-hybridized carbons (Fsp3) is 0.494. The molecule has 0 fully saturated rings. The normalized spacial score (nSPS) is 23.4. The number of allylic oxidation sites excluding steroid dienone is 2. The van der Waals surface area contributed by atoms with Crippen LogP contribution < -0.4 is 47.8 Å². The Balaban J connectivity index is 0.998. The smallest absolute Gasteiger partial charge is 0.312 e. The molecule has 566 valence electrons. The molecule has 0 unspecified atom stereocenters. The third-order valence-corrected chi connectivity index (χ3v) is 20.8. The maximum Gasteiger partial charge on any atom is 0.312 e. The molecular weight excluding hydrogens is 1370 g/mol. The third kappa shape index (κ3) is 19.5. The van der Waals surface area contributed by atoms with Gasteiger partial charge in [0.05, 0.1) is 61.9 Å². The summed E-state index contributed by atoms with van der Waals surface area (Å²) in [7, 11) is 5.56. The van der Waals surface area contributed by atoms with E-state index in [0.29, 0.717) is 66.0 Å². The zero-order valence-corrected chi connectivity index (χ0v) is 62.6. The van der Waals surface area contributed by atoms with Gasteiger partial charge in [0.2, 0.25) is 22.7 Å². The van der Waals surface area contributed by atoms with E-state index in [4.69, 9.17) is 34.1 Å². The number of fused-ring (bicyclic) bond motifs is 2. The third-order valence-electron chi connectivity index (χ3n) is 19.8. The summed E-state index contributed by atoms with van der Waals surface area (Å²) in [5, 5.41) is 58.0. The molecule has 11 atom stereocenters. The van der Waals surface area contributed by atoms with E-state index in [0.717, 1.165) is 10.5 Å². The number of ether oxygens (including phenoxy) is 4. The minimum Gasteiger partial charge on any atom is -0.507 e. The van der Waals surface area contributed by atoms with Gasteiger partial charge in [0, 0.05) is 140 Å². The second-order valence-electron chi connectivity index (χ2n) is 28.8. The predicted molar refractivity (Wildman–Crippen MR) is 397 cm³/mol. The summed E-state index contributed by atoms with van der Waals surface area (Å²) in [5.74, 6) is -9.78. The highest BCUT2D eigenvalue weighted by molar-refractivity contribution is 7.99. The number of hydrogen-bond acceptors (Lipinski definition) is 21. The Bertz CT molecular complexity index is 4440. The number of amides is 7. The lowest BCUT2D eigenvalue weighted by Crippen LogP contribution is -2.46. The summed E-state index contributed by atoms with van der Waals surface area (Å²) in [6.07, 6.45) is 8.46. The number of methoxy groups -OCH3 is 1. The van der Waals surface area contributed by atoms with Crippen molar-refractivity contribution >= 4 is 109 Å². The van der Waals surface area contributed by atoms with Crippen LogP contribution in [0.4, 0.5) is 16.2 Å². The summed E-state index contributed by atoms with van der Waals surface area (Å²) in [6.45, 7) is 17.7. The van der Waals surface area contributed by atoms with Gasteiger partial charge in [-0.15, -0.1) is 11.8 Å². The van der Waals surface area contributed by atoms with Crippen molar-refractivity contribution < 1.29 is 86.6 Å². The number of anilines is 2. The number of quaternary nitrogens is 1. The number of Topliss-reactive ketones (excluding diaryl/α,β-unsaturated/α-hetero) is 1. The maximum atomic E-state index is 15.1. The first-order chi connectivity index (χ1) is 49.6. The molecule has 28 heteroatoms. The molecule has 4 aromatic carbocycles. The molecular formula is C77H99N8O19S+. The molecule has 0 radical (unpaired) electrons. The standard InChI is InChI=1S/C77H98N8O19S/c1-40(2)62(81-56(89)23-15-14-16-32-84-57(90)28-29-58(84)91)52(87)36-49(22-18-31-79-76(78)99)75(98)80-50-26-24-48(25-27-50)39-85(11,12)33-19-35-105-51-37-53(88)63-55(38-51)103-72-64(82-63)59-60-68(94)46(8)71-61(59)73(96)77(10,104-71)101-34-30-54(100-13)43(5)70(102-47(9)86)45(7)67(93)44(6)66(92)41(3)20-17-21-42(4)74(97)83-65(72)69(60)95/h17,20-21,24-30,34,37-38,40-41,43-45,49,54,62,66-67,70,92-93H,14-16,18-19,22-23,31-33,35-36,39H2,1-13H3,(H7-,78,79,80,81,82,83,88,89,90,91,94,95,96,97,98,99)/p+1/b20-17+,34-30+,42-21-/t41-,43+,44+,45+,49+,54-,62-,66-,67+,70+,77-/m0/s1. The van der Waals surface area contributed by atoms with Gasteiger partial charge in [0.25, 0.3) is 17.7 Å². The first-order valence-corrected chi connectivity index (χ1v) is 36.4. The highest BCUT2D eigenvalue weighted by atomic mass is 32.2. The van der Waals surface area contributed by atoms with Crippen molar-refractivity contribution in [1.29, 1.82) is 0 Å². The van der Waals surface area contributed by atoms with Crippen LogP contribution >= 0.6 is 11.8 Å². The van der Waals surface area contributed by atoms with Crippen molar-refractivity contribution in [3.05, 3.63) is 121 Å². The van der Waals surface area contributed by atoms with Crippen LogP contribution in [0.15, 0.2) is 104 Å². The van der Waals surface area contributed by atoms with Gasteiger partial charge in [0.15, 0.2) is 28.2 Å². The van der Waals surface area contributed by atoms with Crippen LogP contribution in [-0.2, 0) is 54.3 Å². The first-order valence-electron chi connectivity index (χ1n) is 35.4. The SMILES string of the molecule is CO[C@H]1/C=C/O[C@@]2(C)Oc3c(C)c(O)c4c(=O)c(c5oc6cc(SCCC[N+](C)(C)Cc7ccc(NC(=O)[C@H](CCCNC(N)=O)CC(=O)[C@@H](NC(=O)CCCCCN8C(=O)C=CC8=O)C(C)C)cc7)cc(=O)c6nc5c4c3=C2O)NC(=O)/C(C)=C\C=C\[C@H](C)[C@H](O)[C@@H](C)[C@@H](O)[C@@H](C)[C@H](OC(C)=O)[C@@H]1C. The number of nitrogens with one attached hydrogen (secondary N) is 4. The topological polar surface area (TPSA) is 392 Å². The number of carbonyl (C=O) groups is 8. The molecule has 0 saturated heterocycles. The van der Waals surface area contributed by atoms with E-state index in [-0.39, 0.29) is 117 Å². The number of nitrogens with zero attached hydrogens (tertiary/aromatic N) is 3. The zero-order chi connectivity index (χ0) is 77.1. The number of hydrogen-bond donors (Lipinski definition) is 9. The zero-order valence-electron chi connectivity index (χ0n) is 61.8. The van der Waals surface area contributed by atoms with Crippen LogP contribution in [0.1, 0.15) is 125 Å². The molecule has 3 aliphatic rings. The van der Waals surface area contributed by atoms with Crippen LogP contribution in [0.3, 0.4) is 0 Å². The molecule has 1 aromatic heterocycles. The monoisotopic (exact) mass is 1470 g/mol. The Kier molecular flexibility index (Phi) is 27.1. The van der Waals surface area contributed by atoms with Crippen molar-refractivity contribution in [3.8, 4) is 11.5 Å². The number of thioether (sulfide) groups is 1. The highest BCUT2D eigenvalue weighted by Gasteiger charge is 2.45. The lowest BCUT2D eigenvalue weighted by molar-refractivity contribution is -0.903. The summed E-state index contributed by atoms with van der Waals surface area (Å²) in [5.41, 5.74) is 4.20. The molecule has 0 spiro atoms. The lowest BCUT2D eigenvalue weighted by atomic mass is 9.78. The Labute approximate surface area is 613 Å². The van der Waals surface area contributed by atoms with E-state index in [1.807, 2.05) is 12.1 Å². The number of aromatic nitrogens is 1. The summed E-state index contributed by atoms with van der Waals surface area (Å²) >= 11 is 1.38. The van der Waals surface area contributed by atoms with Gasteiger partial charge in [-0.3, -0.25) is 48.1 Å². The molecule has 27 nitrogen and oxygen atoms in total. The van der Waals surface area contributed by atoms with E-state index in [1.165, 1.54) is 83.2 Å². The van der Waals surface area contributed by atoms with Gasteiger partial charge in [-0.1, -0.05) is 78.3 Å². The average molecular weight is 1470 g/mol. The van der Waals surface area contributed by atoms with Gasteiger partial charge in [-0.2, -0.15) is 0 Å². The molecule has 0 aliphatic carbocycles.